The largest absolute Gasteiger partial charge is 0.313 e. The zero-order chi connectivity index (χ0) is 13.7. The van der Waals surface area contributed by atoms with E-state index in [1.165, 1.54) is 17.4 Å². The molecular formula is C16H23N3. The SMILES string of the molecule is CCCNC(Cc1cnnc2ccccc12)C(C)C. The second-order valence-corrected chi connectivity index (χ2v) is 5.40. The van der Waals surface area contributed by atoms with Crippen LogP contribution in [0.25, 0.3) is 10.9 Å². The fourth-order valence-electron chi connectivity index (χ4n) is 2.34. The molecule has 0 amide bonds. The molecular weight excluding hydrogens is 234 g/mol. The zero-order valence-electron chi connectivity index (χ0n) is 12.1. The van der Waals surface area contributed by atoms with Crippen LogP contribution in [-0.2, 0) is 6.42 Å². The number of rotatable bonds is 6. The third-order valence-electron chi connectivity index (χ3n) is 3.53. The summed E-state index contributed by atoms with van der Waals surface area (Å²) < 4.78 is 0. The number of benzene rings is 1. The van der Waals surface area contributed by atoms with Crippen molar-refractivity contribution < 1.29 is 0 Å². The van der Waals surface area contributed by atoms with Crippen LogP contribution in [0.15, 0.2) is 30.5 Å². The van der Waals surface area contributed by atoms with Crippen LogP contribution in [0.5, 0.6) is 0 Å². The van der Waals surface area contributed by atoms with Crippen LogP contribution in [0.2, 0.25) is 0 Å². The predicted molar refractivity (Wildman–Crippen MR) is 80.2 cm³/mol. The van der Waals surface area contributed by atoms with Gasteiger partial charge in [0.25, 0.3) is 0 Å². The van der Waals surface area contributed by atoms with Crippen molar-refractivity contribution in [3.8, 4) is 0 Å². The standard InChI is InChI=1S/C16H23N3/c1-4-9-17-16(12(2)3)10-13-11-18-19-15-8-6-5-7-14(13)15/h5-8,11-12,16-17H,4,9-10H2,1-3H3. The molecule has 102 valence electrons. The molecule has 19 heavy (non-hydrogen) atoms. The second-order valence-electron chi connectivity index (χ2n) is 5.40. The average molecular weight is 257 g/mol. The van der Waals surface area contributed by atoms with Crippen LogP contribution >= 0.6 is 0 Å². The van der Waals surface area contributed by atoms with Crippen molar-refractivity contribution in [3.63, 3.8) is 0 Å². The first kappa shape index (κ1) is 13.9. The van der Waals surface area contributed by atoms with Crippen LogP contribution < -0.4 is 5.32 Å². The number of hydrogen-bond donors (Lipinski definition) is 1. The van der Waals surface area contributed by atoms with Gasteiger partial charge in [-0.25, -0.2) is 0 Å². The highest BCUT2D eigenvalue weighted by atomic mass is 15.1. The summed E-state index contributed by atoms with van der Waals surface area (Å²) in [4.78, 5) is 0. The Labute approximate surface area is 115 Å². The normalized spacial score (nSPS) is 13.1. The van der Waals surface area contributed by atoms with Crippen molar-refractivity contribution in [1.29, 1.82) is 0 Å². The van der Waals surface area contributed by atoms with Gasteiger partial charge in [-0.05, 0) is 36.9 Å². The quantitative estimate of drug-likeness (QED) is 0.863. The maximum absolute atomic E-state index is 4.19. The summed E-state index contributed by atoms with van der Waals surface area (Å²) in [7, 11) is 0. The van der Waals surface area contributed by atoms with Gasteiger partial charge in [0.2, 0.25) is 0 Å². The molecule has 0 bridgehead atoms. The van der Waals surface area contributed by atoms with Crippen LogP contribution in [0, 0.1) is 5.92 Å². The molecule has 3 heteroatoms. The van der Waals surface area contributed by atoms with Crippen LogP contribution in [0.3, 0.4) is 0 Å². The summed E-state index contributed by atoms with van der Waals surface area (Å²) in [6.07, 6.45) is 4.08. The molecule has 0 aliphatic carbocycles. The lowest BCUT2D eigenvalue weighted by Crippen LogP contribution is -2.36. The molecule has 2 aromatic rings. The molecule has 1 aromatic carbocycles. The van der Waals surface area contributed by atoms with E-state index < -0.39 is 0 Å². The zero-order valence-corrected chi connectivity index (χ0v) is 12.1. The minimum Gasteiger partial charge on any atom is -0.313 e. The highest BCUT2D eigenvalue weighted by Crippen LogP contribution is 2.18. The van der Waals surface area contributed by atoms with E-state index in [-0.39, 0.29) is 0 Å². The van der Waals surface area contributed by atoms with Gasteiger partial charge in [0.05, 0.1) is 11.7 Å². The summed E-state index contributed by atoms with van der Waals surface area (Å²) >= 11 is 0. The van der Waals surface area contributed by atoms with Crippen molar-refractivity contribution in [3.05, 3.63) is 36.0 Å². The van der Waals surface area contributed by atoms with E-state index in [0.717, 1.165) is 18.5 Å². The van der Waals surface area contributed by atoms with E-state index in [2.05, 4.69) is 48.4 Å². The molecule has 3 nitrogen and oxygen atoms in total. The summed E-state index contributed by atoms with van der Waals surface area (Å²) in [5.74, 6) is 0.610. The lowest BCUT2D eigenvalue weighted by Gasteiger charge is -2.22. The molecule has 0 radical (unpaired) electrons. The first-order chi connectivity index (χ1) is 9.22. The van der Waals surface area contributed by atoms with Gasteiger partial charge < -0.3 is 5.32 Å². The van der Waals surface area contributed by atoms with Gasteiger partial charge in [0.1, 0.15) is 0 Å². The van der Waals surface area contributed by atoms with Crippen LogP contribution in [-0.4, -0.2) is 22.8 Å². The number of nitrogens with zero attached hydrogens (tertiary/aromatic N) is 2. The topological polar surface area (TPSA) is 37.8 Å². The number of hydrogen-bond acceptors (Lipinski definition) is 3. The summed E-state index contributed by atoms with van der Waals surface area (Å²) in [6.45, 7) is 7.81. The Morgan fingerprint density at radius 3 is 2.74 bits per heavy atom. The van der Waals surface area contributed by atoms with E-state index in [1.54, 1.807) is 0 Å². The predicted octanol–water partition coefficient (Wildman–Crippen LogP) is 3.20. The van der Waals surface area contributed by atoms with Gasteiger partial charge >= 0.3 is 0 Å². The molecule has 1 heterocycles. The summed E-state index contributed by atoms with van der Waals surface area (Å²) in [6, 6.07) is 8.73. The Bertz CT molecular complexity index is 517. The first-order valence-electron chi connectivity index (χ1n) is 7.15. The Balaban J connectivity index is 2.23. The summed E-state index contributed by atoms with van der Waals surface area (Å²) in [5.41, 5.74) is 2.27. The van der Waals surface area contributed by atoms with Gasteiger partial charge in [-0.3, -0.25) is 0 Å². The van der Waals surface area contributed by atoms with Gasteiger partial charge in [-0.2, -0.15) is 10.2 Å². The monoisotopic (exact) mass is 257 g/mol. The van der Waals surface area contributed by atoms with Gasteiger partial charge in [0.15, 0.2) is 0 Å². The maximum Gasteiger partial charge on any atom is 0.0932 e. The van der Waals surface area contributed by atoms with Crippen LogP contribution in [0.4, 0.5) is 0 Å². The summed E-state index contributed by atoms with van der Waals surface area (Å²) in [5, 5.41) is 13.2. The number of nitrogens with one attached hydrogen (secondary N) is 1. The molecule has 0 aliphatic heterocycles. The molecule has 2 rings (SSSR count). The van der Waals surface area contributed by atoms with Crippen molar-refractivity contribution in [2.24, 2.45) is 5.92 Å². The molecule has 0 aliphatic rings. The minimum absolute atomic E-state index is 0.493. The first-order valence-corrected chi connectivity index (χ1v) is 7.15. The lowest BCUT2D eigenvalue weighted by molar-refractivity contribution is 0.398. The van der Waals surface area contributed by atoms with Gasteiger partial charge in [-0.1, -0.05) is 39.0 Å². The second kappa shape index (κ2) is 6.62. The van der Waals surface area contributed by atoms with E-state index in [0.29, 0.717) is 12.0 Å². The van der Waals surface area contributed by atoms with E-state index in [1.807, 2.05) is 18.3 Å². The minimum atomic E-state index is 0.493. The smallest absolute Gasteiger partial charge is 0.0932 e. The fraction of sp³-hybridized carbons (Fsp3) is 0.500. The molecule has 0 saturated heterocycles. The fourth-order valence-corrected chi connectivity index (χ4v) is 2.34. The van der Waals surface area contributed by atoms with Crippen molar-refractivity contribution in [1.82, 2.24) is 15.5 Å². The maximum atomic E-state index is 4.19. The third kappa shape index (κ3) is 3.51. The third-order valence-corrected chi connectivity index (χ3v) is 3.53. The average Bonchev–Trinajstić information content (AvgIpc) is 2.43. The number of aromatic nitrogens is 2. The Morgan fingerprint density at radius 1 is 1.21 bits per heavy atom. The Morgan fingerprint density at radius 2 is 2.00 bits per heavy atom. The van der Waals surface area contributed by atoms with Crippen molar-refractivity contribution in [2.45, 2.75) is 39.7 Å². The molecule has 1 N–H and O–H groups in total. The lowest BCUT2D eigenvalue weighted by atomic mass is 9.95. The van der Waals surface area contributed by atoms with E-state index >= 15 is 0 Å². The molecule has 0 spiro atoms. The molecule has 1 atom stereocenters. The van der Waals surface area contributed by atoms with Crippen molar-refractivity contribution in [2.75, 3.05) is 6.54 Å². The van der Waals surface area contributed by atoms with Crippen molar-refractivity contribution >= 4 is 10.9 Å². The highest BCUT2D eigenvalue weighted by molar-refractivity contribution is 5.81. The highest BCUT2D eigenvalue weighted by Gasteiger charge is 2.14. The van der Waals surface area contributed by atoms with Gasteiger partial charge in [-0.15, -0.1) is 0 Å². The molecule has 1 unspecified atom stereocenters. The van der Waals surface area contributed by atoms with Crippen LogP contribution in [0.1, 0.15) is 32.8 Å². The number of fused-ring (bicyclic) bond motifs is 1. The Hall–Kier alpha value is -1.48. The van der Waals surface area contributed by atoms with E-state index in [4.69, 9.17) is 0 Å². The molecule has 0 saturated carbocycles. The van der Waals surface area contributed by atoms with Gasteiger partial charge in [0, 0.05) is 11.4 Å². The molecule has 0 fully saturated rings. The van der Waals surface area contributed by atoms with E-state index in [9.17, 15) is 0 Å². The Kier molecular flexibility index (Phi) is 4.86. The molecule has 1 aromatic heterocycles.